The summed E-state index contributed by atoms with van der Waals surface area (Å²) < 4.78 is 4.30. The molecule has 17 heavy (non-hydrogen) atoms. The van der Waals surface area contributed by atoms with Gasteiger partial charge in [-0.15, -0.1) is 0 Å². The number of rotatable bonds is 6. The van der Waals surface area contributed by atoms with E-state index >= 15 is 0 Å². The molecule has 6 heteroatoms. The molecule has 0 aromatic heterocycles. The first-order valence-electron chi connectivity index (χ1n) is 5.16. The predicted octanol–water partition coefficient (Wildman–Crippen LogP) is 0.331. The molecule has 0 aliphatic rings. The SMILES string of the molecule is COC(=O)/C=C/C(=O)NC(CC(C)C)C(=O)O. The van der Waals surface area contributed by atoms with E-state index in [9.17, 15) is 14.4 Å². The largest absolute Gasteiger partial charge is 0.480 e. The van der Waals surface area contributed by atoms with Crippen LogP contribution in [0.4, 0.5) is 0 Å². The molecule has 0 bridgehead atoms. The van der Waals surface area contributed by atoms with Crippen LogP contribution >= 0.6 is 0 Å². The van der Waals surface area contributed by atoms with Crippen LogP contribution in [0.1, 0.15) is 20.3 Å². The fourth-order valence-corrected chi connectivity index (χ4v) is 1.12. The highest BCUT2D eigenvalue weighted by Gasteiger charge is 2.19. The van der Waals surface area contributed by atoms with Crippen molar-refractivity contribution in [1.82, 2.24) is 5.32 Å². The van der Waals surface area contributed by atoms with Gasteiger partial charge in [-0.3, -0.25) is 4.79 Å². The molecular formula is C11H17NO5. The Labute approximate surface area is 99.6 Å². The smallest absolute Gasteiger partial charge is 0.330 e. The number of amides is 1. The highest BCUT2D eigenvalue weighted by molar-refractivity contribution is 5.96. The van der Waals surface area contributed by atoms with Crippen LogP contribution in [0.3, 0.4) is 0 Å². The monoisotopic (exact) mass is 243 g/mol. The molecule has 0 aliphatic carbocycles. The topological polar surface area (TPSA) is 92.7 Å². The van der Waals surface area contributed by atoms with E-state index in [1.807, 2.05) is 13.8 Å². The average molecular weight is 243 g/mol. The van der Waals surface area contributed by atoms with Gasteiger partial charge in [0.2, 0.25) is 5.91 Å². The van der Waals surface area contributed by atoms with Gasteiger partial charge in [-0.25, -0.2) is 9.59 Å². The van der Waals surface area contributed by atoms with Crippen LogP contribution in [0.15, 0.2) is 12.2 Å². The van der Waals surface area contributed by atoms with E-state index < -0.39 is 23.9 Å². The van der Waals surface area contributed by atoms with Gasteiger partial charge in [0, 0.05) is 12.2 Å². The lowest BCUT2D eigenvalue weighted by molar-refractivity contribution is -0.141. The van der Waals surface area contributed by atoms with Crippen LogP contribution in [-0.4, -0.2) is 36.1 Å². The summed E-state index contributed by atoms with van der Waals surface area (Å²) in [6.45, 7) is 3.71. The standard InChI is InChI=1S/C11H17NO5/c1-7(2)6-8(11(15)16)12-9(13)4-5-10(14)17-3/h4-5,7-8H,6H2,1-3H3,(H,12,13)(H,15,16)/b5-4+. The zero-order valence-electron chi connectivity index (χ0n) is 10.1. The quantitative estimate of drug-likeness (QED) is 0.518. The molecule has 0 aliphatic heterocycles. The molecule has 0 fully saturated rings. The van der Waals surface area contributed by atoms with E-state index in [0.717, 1.165) is 12.2 Å². The summed E-state index contributed by atoms with van der Waals surface area (Å²) in [5.41, 5.74) is 0. The Morgan fingerprint density at radius 3 is 2.29 bits per heavy atom. The normalized spacial score (nSPS) is 12.5. The van der Waals surface area contributed by atoms with Gasteiger partial charge in [0.15, 0.2) is 0 Å². The van der Waals surface area contributed by atoms with Crippen molar-refractivity contribution in [3.8, 4) is 0 Å². The fraction of sp³-hybridized carbons (Fsp3) is 0.545. The average Bonchev–Trinajstić information content (AvgIpc) is 2.24. The number of carbonyl (C=O) groups excluding carboxylic acids is 2. The highest BCUT2D eigenvalue weighted by atomic mass is 16.5. The number of esters is 1. The molecule has 0 aromatic rings. The van der Waals surface area contributed by atoms with Gasteiger partial charge in [-0.1, -0.05) is 13.8 Å². The maximum Gasteiger partial charge on any atom is 0.330 e. The Kier molecular flexibility index (Phi) is 6.62. The van der Waals surface area contributed by atoms with Crippen LogP contribution < -0.4 is 5.32 Å². The Morgan fingerprint density at radius 1 is 1.29 bits per heavy atom. The summed E-state index contributed by atoms with van der Waals surface area (Å²) in [7, 11) is 1.18. The van der Waals surface area contributed by atoms with E-state index in [1.165, 1.54) is 7.11 Å². The minimum Gasteiger partial charge on any atom is -0.480 e. The third kappa shape index (κ3) is 7.10. The predicted molar refractivity (Wildman–Crippen MR) is 60.2 cm³/mol. The number of carboxylic acids is 1. The van der Waals surface area contributed by atoms with Gasteiger partial charge in [0.05, 0.1) is 7.11 Å². The number of carbonyl (C=O) groups is 3. The van der Waals surface area contributed by atoms with E-state index in [-0.39, 0.29) is 5.92 Å². The Bertz CT molecular complexity index is 322. The second kappa shape index (κ2) is 7.43. The van der Waals surface area contributed by atoms with Gasteiger partial charge >= 0.3 is 11.9 Å². The Morgan fingerprint density at radius 2 is 1.88 bits per heavy atom. The van der Waals surface area contributed by atoms with E-state index in [4.69, 9.17) is 5.11 Å². The molecule has 0 radical (unpaired) electrons. The minimum atomic E-state index is -1.10. The van der Waals surface area contributed by atoms with Crippen molar-refractivity contribution in [3.05, 3.63) is 12.2 Å². The van der Waals surface area contributed by atoms with Crippen LogP contribution in [0.25, 0.3) is 0 Å². The fourth-order valence-electron chi connectivity index (χ4n) is 1.12. The van der Waals surface area contributed by atoms with Crippen molar-refractivity contribution in [1.29, 1.82) is 0 Å². The second-order valence-electron chi connectivity index (χ2n) is 3.89. The number of nitrogens with one attached hydrogen (secondary N) is 1. The van der Waals surface area contributed by atoms with E-state index in [0.29, 0.717) is 6.42 Å². The van der Waals surface area contributed by atoms with Crippen molar-refractivity contribution < 1.29 is 24.2 Å². The number of ether oxygens (including phenoxy) is 1. The number of hydrogen-bond donors (Lipinski definition) is 2. The van der Waals surface area contributed by atoms with Crippen LogP contribution in [0, 0.1) is 5.92 Å². The Hall–Kier alpha value is -1.85. The first-order valence-corrected chi connectivity index (χ1v) is 5.16. The van der Waals surface area contributed by atoms with Crippen LogP contribution in [0.2, 0.25) is 0 Å². The van der Waals surface area contributed by atoms with Crippen molar-refractivity contribution in [2.24, 2.45) is 5.92 Å². The molecule has 0 spiro atoms. The van der Waals surface area contributed by atoms with Gasteiger partial charge < -0.3 is 15.2 Å². The Balaban J connectivity index is 4.36. The molecule has 1 atom stereocenters. The second-order valence-corrected chi connectivity index (χ2v) is 3.89. The van der Waals surface area contributed by atoms with Crippen molar-refractivity contribution in [3.63, 3.8) is 0 Å². The molecule has 0 rings (SSSR count). The summed E-state index contributed by atoms with van der Waals surface area (Å²) in [6, 6.07) is -0.954. The van der Waals surface area contributed by atoms with Gasteiger partial charge in [-0.05, 0) is 12.3 Å². The molecular weight excluding hydrogens is 226 g/mol. The maximum atomic E-state index is 11.3. The molecule has 1 amide bonds. The maximum absolute atomic E-state index is 11.3. The van der Waals surface area contributed by atoms with Gasteiger partial charge in [-0.2, -0.15) is 0 Å². The third-order valence-electron chi connectivity index (χ3n) is 1.89. The number of hydrogen-bond acceptors (Lipinski definition) is 4. The summed E-state index contributed by atoms with van der Waals surface area (Å²) >= 11 is 0. The molecule has 96 valence electrons. The molecule has 0 saturated heterocycles. The lowest BCUT2D eigenvalue weighted by Crippen LogP contribution is -2.40. The molecule has 2 N–H and O–H groups in total. The van der Waals surface area contributed by atoms with Gasteiger partial charge in [0.25, 0.3) is 0 Å². The number of methoxy groups -OCH3 is 1. The summed E-state index contributed by atoms with van der Waals surface area (Å²) in [4.78, 5) is 32.8. The lowest BCUT2D eigenvalue weighted by Gasteiger charge is -2.15. The summed E-state index contributed by atoms with van der Waals surface area (Å²) in [5, 5.41) is 11.2. The van der Waals surface area contributed by atoms with Crippen molar-refractivity contribution in [2.45, 2.75) is 26.3 Å². The zero-order valence-corrected chi connectivity index (χ0v) is 10.1. The first kappa shape index (κ1) is 15.2. The van der Waals surface area contributed by atoms with E-state index in [2.05, 4.69) is 10.1 Å². The third-order valence-corrected chi connectivity index (χ3v) is 1.89. The molecule has 1 unspecified atom stereocenters. The molecule has 6 nitrogen and oxygen atoms in total. The van der Waals surface area contributed by atoms with E-state index in [1.54, 1.807) is 0 Å². The zero-order chi connectivity index (χ0) is 13.4. The van der Waals surface area contributed by atoms with Crippen LogP contribution in [-0.2, 0) is 19.1 Å². The summed E-state index contributed by atoms with van der Waals surface area (Å²) in [6.07, 6.45) is 2.21. The number of carboxylic acid groups (broad SMARTS) is 1. The first-order chi connectivity index (χ1) is 7.86. The summed E-state index contributed by atoms with van der Waals surface area (Å²) in [5.74, 6) is -2.26. The van der Waals surface area contributed by atoms with Crippen molar-refractivity contribution in [2.75, 3.05) is 7.11 Å². The molecule has 0 saturated carbocycles. The number of aliphatic carboxylic acids is 1. The van der Waals surface area contributed by atoms with Crippen LogP contribution in [0.5, 0.6) is 0 Å². The van der Waals surface area contributed by atoms with Gasteiger partial charge in [0.1, 0.15) is 6.04 Å². The van der Waals surface area contributed by atoms with Crippen molar-refractivity contribution >= 4 is 17.8 Å². The highest BCUT2D eigenvalue weighted by Crippen LogP contribution is 2.04. The lowest BCUT2D eigenvalue weighted by atomic mass is 10.0. The minimum absolute atomic E-state index is 0.140. The molecule has 0 aromatic carbocycles. The molecule has 0 heterocycles.